The number of nitrogens with zero attached hydrogens (tertiary/aromatic N) is 1. The van der Waals surface area contributed by atoms with Crippen LogP contribution in [-0.2, 0) is 0 Å². The highest BCUT2D eigenvalue weighted by molar-refractivity contribution is 9.09. The van der Waals surface area contributed by atoms with Crippen LogP contribution in [-0.4, -0.2) is 16.2 Å². The van der Waals surface area contributed by atoms with Crippen molar-refractivity contribution in [1.29, 1.82) is 0 Å². The van der Waals surface area contributed by atoms with Crippen LogP contribution in [0.1, 0.15) is 0 Å². The quantitative estimate of drug-likeness (QED) is 0.629. The number of ether oxygens (including phenoxy) is 1. The van der Waals surface area contributed by atoms with Crippen LogP contribution in [0, 0.1) is 0 Å². The molecular formula is C7H4BrClF3NO. The maximum Gasteiger partial charge on any atom is 0.440 e. The van der Waals surface area contributed by atoms with E-state index < -0.39 is 11.2 Å². The molecule has 0 bridgehead atoms. The fraction of sp³-hybridized carbons (Fsp3) is 0.286. The van der Waals surface area contributed by atoms with Crippen molar-refractivity contribution in [3.63, 3.8) is 0 Å². The molecule has 0 aliphatic carbocycles. The summed E-state index contributed by atoms with van der Waals surface area (Å²) in [6.07, 6.45) is -2.96. The Kier molecular flexibility index (Phi) is 3.60. The number of pyridine rings is 1. The predicted octanol–water partition coefficient (Wildman–Crippen LogP) is 3.40. The molecule has 1 aromatic rings. The standard InChI is InChI=1S/C7H4BrClF3NO/c8-6(10)7(11,12)14-4-1-2-5(9)13-3-4/h1-3,6H. The Bertz CT molecular complexity index is 306. The number of rotatable bonds is 3. The summed E-state index contributed by atoms with van der Waals surface area (Å²) < 4.78 is 41.5. The molecule has 0 aliphatic heterocycles. The van der Waals surface area contributed by atoms with Gasteiger partial charge in [0.1, 0.15) is 10.9 Å². The van der Waals surface area contributed by atoms with Crippen molar-refractivity contribution in [2.24, 2.45) is 0 Å². The number of alkyl halides is 4. The lowest BCUT2D eigenvalue weighted by molar-refractivity contribution is -0.195. The van der Waals surface area contributed by atoms with Crippen molar-refractivity contribution in [2.45, 2.75) is 11.2 Å². The van der Waals surface area contributed by atoms with Crippen LogP contribution in [0.25, 0.3) is 0 Å². The highest BCUT2D eigenvalue weighted by Crippen LogP contribution is 2.29. The van der Waals surface area contributed by atoms with Gasteiger partial charge >= 0.3 is 6.11 Å². The van der Waals surface area contributed by atoms with E-state index in [2.05, 4.69) is 25.7 Å². The van der Waals surface area contributed by atoms with E-state index in [1.165, 1.54) is 12.1 Å². The van der Waals surface area contributed by atoms with Gasteiger partial charge in [-0.15, -0.1) is 0 Å². The lowest BCUT2D eigenvalue weighted by Gasteiger charge is -2.17. The summed E-state index contributed by atoms with van der Waals surface area (Å²) >= 11 is 7.49. The van der Waals surface area contributed by atoms with Crippen molar-refractivity contribution in [2.75, 3.05) is 0 Å². The Hall–Kier alpha value is -0.490. The van der Waals surface area contributed by atoms with Crippen molar-refractivity contribution >= 4 is 27.5 Å². The normalized spacial score (nSPS) is 13.8. The van der Waals surface area contributed by atoms with Gasteiger partial charge in [-0.2, -0.15) is 8.78 Å². The van der Waals surface area contributed by atoms with E-state index in [1.54, 1.807) is 0 Å². The van der Waals surface area contributed by atoms with E-state index in [0.29, 0.717) is 0 Å². The Morgan fingerprint density at radius 1 is 1.50 bits per heavy atom. The minimum atomic E-state index is -3.94. The third kappa shape index (κ3) is 3.02. The van der Waals surface area contributed by atoms with E-state index in [4.69, 9.17) is 11.6 Å². The third-order valence-electron chi connectivity index (χ3n) is 1.21. The number of halogens is 5. The molecule has 0 aromatic carbocycles. The van der Waals surface area contributed by atoms with Gasteiger partial charge < -0.3 is 4.74 Å². The van der Waals surface area contributed by atoms with Gasteiger partial charge in [-0.05, 0) is 28.1 Å². The molecule has 1 heterocycles. The van der Waals surface area contributed by atoms with Gasteiger partial charge in [0, 0.05) is 0 Å². The van der Waals surface area contributed by atoms with E-state index in [0.717, 1.165) is 6.20 Å². The molecule has 0 aliphatic rings. The molecule has 0 radical (unpaired) electrons. The summed E-state index contributed by atoms with van der Waals surface area (Å²) in [4.78, 5) is 3.49. The molecule has 0 spiro atoms. The van der Waals surface area contributed by atoms with Crippen LogP contribution < -0.4 is 4.74 Å². The van der Waals surface area contributed by atoms with Gasteiger partial charge in [-0.1, -0.05) is 11.6 Å². The van der Waals surface area contributed by atoms with Crippen molar-refractivity contribution in [3.8, 4) is 5.75 Å². The van der Waals surface area contributed by atoms with E-state index in [9.17, 15) is 13.2 Å². The minimum absolute atomic E-state index is 0.135. The Morgan fingerprint density at radius 3 is 2.57 bits per heavy atom. The molecular weight excluding hydrogens is 286 g/mol. The maximum atomic E-state index is 12.6. The minimum Gasteiger partial charge on any atom is -0.428 e. The zero-order chi connectivity index (χ0) is 10.8. The van der Waals surface area contributed by atoms with E-state index in [-0.39, 0.29) is 10.9 Å². The summed E-state index contributed by atoms with van der Waals surface area (Å²) in [5.41, 5.74) is 0. The summed E-state index contributed by atoms with van der Waals surface area (Å²) in [6.45, 7) is 0. The largest absolute Gasteiger partial charge is 0.440 e. The first-order chi connectivity index (χ1) is 6.42. The van der Waals surface area contributed by atoms with Gasteiger partial charge in [-0.3, -0.25) is 0 Å². The molecule has 0 amide bonds. The maximum absolute atomic E-state index is 12.6. The van der Waals surface area contributed by atoms with E-state index >= 15 is 0 Å². The average molecular weight is 290 g/mol. The first-order valence-electron chi connectivity index (χ1n) is 3.38. The molecule has 1 aromatic heterocycles. The van der Waals surface area contributed by atoms with Crippen molar-refractivity contribution in [3.05, 3.63) is 23.5 Å². The Labute approximate surface area is 91.2 Å². The molecule has 1 rings (SSSR count). The second-order valence-electron chi connectivity index (χ2n) is 2.28. The van der Waals surface area contributed by atoms with Crippen molar-refractivity contribution in [1.82, 2.24) is 4.98 Å². The Balaban J connectivity index is 2.74. The topological polar surface area (TPSA) is 22.1 Å². The van der Waals surface area contributed by atoms with Crippen LogP contribution in [0.4, 0.5) is 13.2 Å². The number of hydrogen-bond donors (Lipinski definition) is 0. The molecule has 78 valence electrons. The Morgan fingerprint density at radius 2 is 2.14 bits per heavy atom. The first-order valence-corrected chi connectivity index (χ1v) is 4.68. The van der Waals surface area contributed by atoms with Crippen molar-refractivity contribution < 1.29 is 17.9 Å². The second kappa shape index (κ2) is 4.35. The summed E-state index contributed by atoms with van der Waals surface area (Å²) in [5.74, 6) is -0.262. The molecule has 7 heteroatoms. The van der Waals surface area contributed by atoms with Gasteiger partial charge in [0.15, 0.2) is 0 Å². The number of aromatic nitrogens is 1. The smallest absolute Gasteiger partial charge is 0.428 e. The highest BCUT2D eigenvalue weighted by atomic mass is 79.9. The molecule has 0 saturated heterocycles. The number of hydrogen-bond acceptors (Lipinski definition) is 2. The summed E-state index contributed by atoms with van der Waals surface area (Å²) in [5, 5.41) is -2.44. The third-order valence-corrected chi connectivity index (χ3v) is 1.96. The molecule has 0 fully saturated rings. The average Bonchev–Trinajstić information content (AvgIpc) is 2.08. The van der Waals surface area contributed by atoms with E-state index in [1.807, 2.05) is 0 Å². The van der Waals surface area contributed by atoms with Crippen LogP contribution in [0.3, 0.4) is 0 Å². The molecule has 14 heavy (non-hydrogen) atoms. The van der Waals surface area contributed by atoms with Gasteiger partial charge in [-0.25, -0.2) is 9.37 Å². The zero-order valence-corrected chi connectivity index (χ0v) is 8.90. The molecule has 1 atom stereocenters. The fourth-order valence-electron chi connectivity index (χ4n) is 0.624. The first kappa shape index (κ1) is 11.6. The highest BCUT2D eigenvalue weighted by Gasteiger charge is 2.41. The second-order valence-corrected chi connectivity index (χ2v) is 3.47. The summed E-state index contributed by atoms with van der Waals surface area (Å²) in [7, 11) is 0. The molecule has 0 saturated carbocycles. The lowest BCUT2D eigenvalue weighted by atomic mass is 10.4. The van der Waals surface area contributed by atoms with Crippen LogP contribution in [0.2, 0.25) is 5.15 Å². The predicted molar refractivity (Wildman–Crippen MR) is 48.6 cm³/mol. The monoisotopic (exact) mass is 289 g/mol. The van der Waals surface area contributed by atoms with Gasteiger partial charge in [0.2, 0.25) is 0 Å². The molecule has 2 nitrogen and oxygen atoms in total. The van der Waals surface area contributed by atoms with Gasteiger partial charge in [0.05, 0.1) is 6.20 Å². The van der Waals surface area contributed by atoms with Gasteiger partial charge in [0.25, 0.3) is 5.08 Å². The SMILES string of the molecule is FC(Br)C(F)(F)Oc1ccc(Cl)nc1. The molecule has 0 N–H and O–H groups in total. The fourth-order valence-corrected chi connectivity index (χ4v) is 0.830. The van der Waals surface area contributed by atoms with Crippen LogP contribution in [0.5, 0.6) is 5.75 Å². The lowest BCUT2D eigenvalue weighted by Crippen LogP contribution is -2.32. The van der Waals surface area contributed by atoms with Crippen LogP contribution in [0.15, 0.2) is 18.3 Å². The zero-order valence-electron chi connectivity index (χ0n) is 6.55. The molecule has 1 unspecified atom stereocenters. The van der Waals surface area contributed by atoms with Crippen LogP contribution >= 0.6 is 27.5 Å². The summed E-state index contributed by atoms with van der Waals surface area (Å²) in [6, 6.07) is 2.42.